The van der Waals surface area contributed by atoms with E-state index in [0.717, 1.165) is 10.4 Å². The molecule has 1 amide bonds. The zero-order chi connectivity index (χ0) is 20.4. The Labute approximate surface area is 173 Å². The third-order valence-electron chi connectivity index (χ3n) is 4.57. The number of hydrogen-bond donors (Lipinski definition) is 1. The molecule has 1 aliphatic heterocycles. The molecule has 3 aromatic rings. The Balaban J connectivity index is 1.71. The van der Waals surface area contributed by atoms with Crippen molar-refractivity contribution in [2.75, 3.05) is 5.32 Å². The van der Waals surface area contributed by atoms with E-state index in [4.69, 9.17) is 0 Å². The van der Waals surface area contributed by atoms with Crippen molar-refractivity contribution in [2.45, 2.75) is 24.3 Å². The summed E-state index contributed by atoms with van der Waals surface area (Å²) < 4.78 is 27.8. The van der Waals surface area contributed by atoms with Gasteiger partial charge in [-0.15, -0.1) is 11.3 Å². The molecule has 8 heteroatoms. The van der Waals surface area contributed by atoms with Gasteiger partial charge in [0.1, 0.15) is 6.04 Å². The number of amides is 1. The van der Waals surface area contributed by atoms with Gasteiger partial charge in [0.25, 0.3) is 10.0 Å². The number of carbonyl (C=O) groups excluding carboxylic acids is 1. The minimum atomic E-state index is -3.78. The lowest BCUT2D eigenvalue weighted by atomic mass is 10.0. The molecule has 0 aliphatic carbocycles. The molecule has 1 aliphatic rings. The predicted octanol–water partition coefficient (Wildman–Crippen LogP) is 4.25. The third kappa shape index (κ3) is 3.94. The number of hydrazone groups is 1. The fourth-order valence-corrected chi connectivity index (χ4v) is 5.55. The van der Waals surface area contributed by atoms with Gasteiger partial charge in [-0.2, -0.15) is 17.9 Å². The number of carbonyl (C=O) groups is 1. The number of thiophene rings is 1. The van der Waals surface area contributed by atoms with Crippen LogP contribution in [0.1, 0.15) is 29.8 Å². The van der Waals surface area contributed by atoms with Crippen LogP contribution in [0.2, 0.25) is 0 Å². The van der Waals surface area contributed by atoms with E-state index in [0.29, 0.717) is 17.8 Å². The fraction of sp³-hybridized carbons (Fsp3) is 0.143. The minimum absolute atomic E-state index is 0.145. The zero-order valence-electron chi connectivity index (χ0n) is 15.6. The SMILES string of the molecule is CC(=O)Nc1ccc(C2=NN(S(=O)(=O)c3ccccc3)[C@@H](c3cccs3)C2)cc1. The van der Waals surface area contributed by atoms with Crippen LogP contribution in [0.4, 0.5) is 5.69 Å². The molecule has 2 aromatic carbocycles. The molecular weight excluding hydrogens is 406 g/mol. The average molecular weight is 426 g/mol. The van der Waals surface area contributed by atoms with Crippen molar-refractivity contribution in [2.24, 2.45) is 5.10 Å². The number of rotatable bonds is 5. The van der Waals surface area contributed by atoms with Gasteiger partial charge in [0.2, 0.25) is 5.91 Å². The molecule has 1 atom stereocenters. The average Bonchev–Trinajstić information content (AvgIpc) is 3.39. The molecule has 0 saturated carbocycles. The first-order valence-electron chi connectivity index (χ1n) is 9.03. The number of anilines is 1. The quantitative estimate of drug-likeness (QED) is 0.664. The maximum absolute atomic E-state index is 13.3. The summed E-state index contributed by atoms with van der Waals surface area (Å²) in [5, 5.41) is 9.17. The molecule has 1 N–H and O–H groups in total. The van der Waals surface area contributed by atoms with Gasteiger partial charge in [0.15, 0.2) is 0 Å². The summed E-state index contributed by atoms with van der Waals surface area (Å²) in [6.07, 6.45) is 0.478. The first kappa shape index (κ1) is 19.4. The Kier molecular flexibility index (Phi) is 5.21. The van der Waals surface area contributed by atoms with Gasteiger partial charge >= 0.3 is 0 Å². The molecular formula is C21H19N3O3S2. The lowest BCUT2D eigenvalue weighted by Crippen LogP contribution is -2.26. The largest absolute Gasteiger partial charge is 0.326 e. The lowest BCUT2D eigenvalue weighted by Gasteiger charge is -2.22. The summed E-state index contributed by atoms with van der Waals surface area (Å²) in [6.45, 7) is 1.45. The van der Waals surface area contributed by atoms with Crippen molar-refractivity contribution in [1.29, 1.82) is 0 Å². The van der Waals surface area contributed by atoms with E-state index in [1.165, 1.54) is 22.7 Å². The first-order chi connectivity index (χ1) is 13.9. The van der Waals surface area contributed by atoms with Crippen molar-refractivity contribution >= 4 is 38.7 Å². The Hall–Kier alpha value is -2.97. The number of nitrogens with zero attached hydrogens (tertiary/aromatic N) is 2. The van der Waals surface area contributed by atoms with E-state index in [2.05, 4.69) is 10.4 Å². The van der Waals surface area contributed by atoms with Gasteiger partial charge in [0.05, 0.1) is 10.6 Å². The molecule has 4 rings (SSSR count). The van der Waals surface area contributed by atoms with Crippen LogP contribution in [-0.4, -0.2) is 24.5 Å². The second-order valence-electron chi connectivity index (χ2n) is 6.63. The van der Waals surface area contributed by atoms with Crippen LogP contribution in [0, 0.1) is 0 Å². The summed E-state index contributed by atoms with van der Waals surface area (Å²) in [6, 6.07) is 19.1. The van der Waals surface area contributed by atoms with Crippen LogP contribution in [0.15, 0.2) is 82.1 Å². The topological polar surface area (TPSA) is 78.8 Å². The highest BCUT2D eigenvalue weighted by Gasteiger charge is 2.38. The molecule has 148 valence electrons. The number of sulfonamides is 1. The Morgan fingerprint density at radius 1 is 1.07 bits per heavy atom. The molecule has 0 bridgehead atoms. The summed E-state index contributed by atoms with van der Waals surface area (Å²) >= 11 is 1.51. The van der Waals surface area contributed by atoms with Gasteiger partial charge < -0.3 is 5.32 Å². The van der Waals surface area contributed by atoms with Crippen LogP contribution < -0.4 is 5.32 Å². The third-order valence-corrected chi connectivity index (χ3v) is 7.24. The first-order valence-corrected chi connectivity index (χ1v) is 11.4. The smallest absolute Gasteiger partial charge is 0.279 e. The zero-order valence-corrected chi connectivity index (χ0v) is 17.3. The molecule has 29 heavy (non-hydrogen) atoms. The van der Waals surface area contributed by atoms with Crippen LogP contribution >= 0.6 is 11.3 Å². The maximum Gasteiger partial charge on any atom is 0.279 e. The number of hydrogen-bond acceptors (Lipinski definition) is 5. The molecule has 0 unspecified atom stereocenters. The molecule has 0 spiro atoms. The van der Waals surface area contributed by atoms with E-state index in [1.807, 2.05) is 29.6 Å². The highest BCUT2D eigenvalue weighted by atomic mass is 32.2. The summed E-state index contributed by atoms with van der Waals surface area (Å²) in [4.78, 5) is 12.4. The minimum Gasteiger partial charge on any atom is -0.326 e. The van der Waals surface area contributed by atoms with Gasteiger partial charge in [-0.25, -0.2) is 0 Å². The van der Waals surface area contributed by atoms with Crippen LogP contribution in [-0.2, 0) is 14.8 Å². The summed E-state index contributed by atoms with van der Waals surface area (Å²) in [7, 11) is -3.78. The van der Waals surface area contributed by atoms with E-state index >= 15 is 0 Å². The Bertz CT molecular complexity index is 1140. The van der Waals surface area contributed by atoms with Crippen molar-refractivity contribution < 1.29 is 13.2 Å². The van der Waals surface area contributed by atoms with E-state index in [1.54, 1.807) is 42.5 Å². The van der Waals surface area contributed by atoms with Crippen LogP contribution in [0.25, 0.3) is 0 Å². The van der Waals surface area contributed by atoms with E-state index in [-0.39, 0.29) is 16.8 Å². The summed E-state index contributed by atoms with van der Waals surface area (Å²) in [5.41, 5.74) is 2.20. The van der Waals surface area contributed by atoms with Gasteiger partial charge in [-0.1, -0.05) is 36.4 Å². The fourth-order valence-electron chi connectivity index (χ4n) is 3.23. The van der Waals surface area contributed by atoms with Gasteiger partial charge in [-0.05, 0) is 41.3 Å². The summed E-state index contributed by atoms with van der Waals surface area (Å²) in [5.74, 6) is -0.145. The number of benzene rings is 2. The molecule has 0 saturated heterocycles. The number of nitrogens with one attached hydrogen (secondary N) is 1. The van der Waals surface area contributed by atoms with E-state index < -0.39 is 10.0 Å². The maximum atomic E-state index is 13.3. The normalized spacial score (nSPS) is 16.5. The van der Waals surface area contributed by atoms with Crippen molar-refractivity contribution in [3.63, 3.8) is 0 Å². The van der Waals surface area contributed by atoms with E-state index in [9.17, 15) is 13.2 Å². The standard InChI is InChI=1S/C21H19N3O3S2/c1-15(25)22-17-11-9-16(10-12-17)19-14-20(21-8-5-13-28-21)24(23-19)29(26,27)18-6-3-2-4-7-18/h2-13,20H,14H2,1H3,(H,22,25)/t20-/m1/s1. The molecule has 2 heterocycles. The lowest BCUT2D eigenvalue weighted by molar-refractivity contribution is -0.114. The van der Waals surface area contributed by atoms with Crippen LogP contribution in [0.3, 0.4) is 0 Å². The highest BCUT2D eigenvalue weighted by molar-refractivity contribution is 7.89. The van der Waals surface area contributed by atoms with Gasteiger partial charge in [0, 0.05) is 23.9 Å². The second-order valence-corrected chi connectivity index (χ2v) is 9.41. The Morgan fingerprint density at radius 2 is 1.79 bits per heavy atom. The predicted molar refractivity (Wildman–Crippen MR) is 114 cm³/mol. The second kappa shape index (κ2) is 7.81. The monoisotopic (exact) mass is 425 g/mol. The highest BCUT2D eigenvalue weighted by Crippen LogP contribution is 2.38. The molecule has 0 fully saturated rings. The molecule has 0 radical (unpaired) electrons. The molecule has 6 nitrogen and oxygen atoms in total. The van der Waals surface area contributed by atoms with Gasteiger partial charge in [-0.3, -0.25) is 4.79 Å². The van der Waals surface area contributed by atoms with Crippen molar-refractivity contribution in [3.05, 3.63) is 82.6 Å². The van der Waals surface area contributed by atoms with Crippen molar-refractivity contribution in [1.82, 2.24) is 4.41 Å². The van der Waals surface area contributed by atoms with Crippen LogP contribution in [0.5, 0.6) is 0 Å². The van der Waals surface area contributed by atoms with Crippen molar-refractivity contribution in [3.8, 4) is 0 Å². The molecule has 1 aromatic heterocycles. The Morgan fingerprint density at radius 3 is 2.41 bits per heavy atom.